The molecule has 0 bridgehead atoms. The van der Waals surface area contributed by atoms with E-state index < -0.39 is 12.8 Å². The number of alkyl halides is 1. The topological polar surface area (TPSA) is 35.2 Å². The monoisotopic (exact) mass is 181 g/mol. The van der Waals surface area contributed by atoms with Crippen LogP contribution in [0.1, 0.15) is 17.2 Å². The molecule has 13 heavy (non-hydrogen) atoms. The first-order valence-corrected chi connectivity index (χ1v) is 4.34. The summed E-state index contributed by atoms with van der Waals surface area (Å²) in [5, 5.41) is 0. The number of fused-ring (bicyclic) bond motifs is 1. The van der Waals surface area contributed by atoms with Crippen LogP contribution in [0.3, 0.4) is 0 Å². The van der Waals surface area contributed by atoms with Crippen LogP contribution in [0.5, 0.6) is 0 Å². The smallest absolute Gasteiger partial charge is 0.117 e. The van der Waals surface area contributed by atoms with Gasteiger partial charge >= 0.3 is 0 Å². The Hall–Kier alpha value is -0.930. The van der Waals surface area contributed by atoms with E-state index in [0.717, 1.165) is 11.1 Å². The number of hydrogen-bond acceptors (Lipinski definition) is 2. The van der Waals surface area contributed by atoms with Crippen molar-refractivity contribution in [2.24, 2.45) is 5.73 Å². The van der Waals surface area contributed by atoms with Gasteiger partial charge in [0, 0.05) is 0 Å². The van der Waals surface area contributed by atoms with E-state index in [1.165, 1.54) is 0 Å². The molecule has 3 heteroatoms. The second kappa shape index (κ2) is 3.44. The molecule has 0 radical (unpaired) electrons. The summed E-state index contributed by atoms with van der Waals surface area (Å²) in [6.07, 6.45) is -0.477. The Morgan fingerprint density at radius 1 is 1.46 bits per heavy atom. The lowest BCUT2D eigenvalue weighted by Gasteiger charge is -2.29. The molecule has 1 aromatic rings. The van der Waals surface area contributed by atoms with E-state index in [9.17, 15) is 4.39 Å². The number of halogens is 1. The summed E-state index contributed by atoms with van der Waals surface area (Å²) in [6.45, 7) is -0.0477. The Morgan fingerprint density at radius 3 is 3.00 bits per heavy atom. The molecule has 2 rings (SSSR count). The first-order valence-electron chi connectivity index (χ1n) is 4.34. The van der Waals surface area contributed by atoms with E-state index in [-0.39, 0.29) is 6.04 Å². The van der Waals surface area contributed by atoms with Gasteiger partial charge in [0.25, 0.3) is 0 Å². The van der Waals surface area contributed by atoms with Crippen molar-refractivity contribution in [3.8, 4) is 0 Å². The minimum Gasteiger partial charge on any atom is -0.369 e. The van der Waals surface area contributed by atoms with Crippen LogP contribution >= 0.6 is 0 Å². The molecular formula is C10H12FNO. The third kappa shape index (κ3) is 1.45. The SMILES string of the molecule is NC1c2ccccc2CO[C@H]1CF. The predicted octanol–water partition coefficient (Wildman–Crippen LogP) is 1.55. The molecule has 0 saturated carbocycles. The zero-order valence-electron chi connectivity index (χ0n) is 7.24. The zero-order valence-corrected chi connectivity index (χ0v) is 7.24. The normalized spacial score (nSPS) is 26.9. The number of rotatable bonds is 1. The van der Waals surface area contributed by atoms with Crippen LogP contribution in [0.25, 0.3) is 0 Å². The van der Waals surface area contributed by atoms with Crippen molar-refractivity contribution < 1.29 is 9.13 Å². The number of hydrogen-bond donors (Lipinski definition) is 1. The standard InChI is InChI=1S/C10H12FNO/c11-5-9-10(12)8-4-2-1-3-7(8)6-13-9/h1-4,9-10H,5-6,12H2/t9-,10?/m0/s1. The van der Waals surface area contributed by atoms with Crippen LogP contribution in [-0.4, -0.2) is 12.8 Å². The second-order valence-corrected chi connectivity index (χ2v) is 3.23. The lowest BCUT2D eigenvalue weighted by atomic mass is 9.95. The van der Waals surface area contributed by atoms with Gasteiger partial charge in [-0.3, -0.25) is 0 Å². The molecular weight excluding hydrogens is 169 g/mol. The molecule has 0 spiro atoms. The van der Waals surface area contributed by atoms with Gasteiger partial charge in [-0.25, -0.2) is 4.39 Å². The molecule has 0 aromatic heterocycles. The molecule has 2 nitrogen and oxygen atoms in total. The molecule has 0 aliphatic carbocycles. The van der Waals surface area contributed by atoms with Crippen molar-refractivity contribution in [1.82, 2.24) is 0 Å². The van der Waals surface area contributed by atoms with Gasteiger partial charge in [-0.15, -0.1) is 0 Å². The highest BCUT2D eigenvalue weighted by Crippen LogP contribution is 2.27. The van der Waals surface area contributed by atoms with E-state index in [4.69, 9.17) is 10.5 Å². The summed E-state index contributed by atoms with van der Waals surface area (Å²) in [5.74, 6) is 0. The van der Waals surface area contributed by atoms with Crippen molar-refractivity contribution in [2.45, 2.75) is 18.8 Å². The third-order valence-electron chi connectivity index (χ3n) is 2.42. The lowest BCUT2D eigenvalue weighted by molar-refractivity contribution is -0.00557. The van der Waals surface area contributed by atoms with Crippen LogP contribution in [-0.2, 0) is 11.3 Å². The van der Waals surface area contributed by atoms with Gasteiger partial charge < -0.3 is 10.5 Å². The highest BCUT2D eigenvalue weighted by molar-refractivity contribution is 5.31. The first-order chi connectivity index (χ1) is 6.33. The Balaban J connectivity index is 2.33. The molecule has 1 aromatic carbocycles. The zero-order chi connectivity index (χ0) is 9.26. The maximum atomic E-state index is 12.4. The largest absolute Gasteiger partial charge is 0.369 e. The minimum atomic E-state index is -0.518. The molecule has 0 fully saturated rings. The number of benzene rings is 1. The fourth-order valence-electron chi connectivity index (χ4n) is 1.63. The molecule has 2 atom stereocenters. The van der Waals surface area contributed by atoms with Gasteiger partial charge in [-0.1, -0.05) is 24.3 Å². The van der Waals surface area contributed by atoms with Crippen molar-refractivity contribution in [3.63, 3.8) is 0 Å². The van der Waals surface area contributed by atoms with E-state index in [0.29, 0.717) is 6.61 Å². The summed E-state index contributed by atoms with van der Waals surface area (Å²) < 4.78 is 17.7. The van der Waals surface area contributed by atoms with Gasteiger partial charge in [0.15, 0.2) is 0 Å². The van der Waals surface area contributed by atoms with Crippen LogP contribution < -0.4 is 5.73 Å². The Bertz CT molecular complexity index is 303. The Morgan fingerprint density at radius 2 is 2.23 bits per heavy atom. The molecule has 1 heterocycles. The molecule has 2 N–H and O–H groups in total. The quantitative estimate of drug-likeness (QED) is 0.713. The average Bonchev–Trinajstić information content (AvgIpc) is 2.19. The number of nitrogens with two attached hydrogens (primary N) is 1. The molecule has 70 valence electrons. The van der Waals surface area contributed by atoms with E-state index in [1.54, 1.807) is 0 Å². The van der Waals surface area contributed by atoms with Crippen molar-refractivity contribution in [1.29, 1.82) is 0 Å². The molecule has 1 aliphatic rings. The van der Waals surface area contributed by atoms with E-state index in [1.807, 2.05) is 24.3 Å². The average molecular weight is 181 g/mol. The van der Waals surface area contributed by atoms with Gasteiger partial charge in [-0.2, -0.15) is 0 Å². The fraction of sp³-hybridized carbons (Fsp3) is 0.400. The molecule has 1 unspecified atom stereocenters. The summed E-state index contributed by atoms with van der Waals surface area (Å²) in [4.78, 5) is 0. The third-order valence-corrected chi connectivity index (χ3v) is 2.42. The van der Waals surface area contributed by atoms with E-state index >= 15 is 0 Å². The van der Waals surface area contributed by atoms with Crippen molar-refractivity contribution >= 4 is 0 Å². The van der Waals surface area contributed by atoms with Gasteiger partial charge in [-0.05, 0) is 11.1 Å². The fourth-order valence-corrected chi connectivity index (χ4v) is 1.63. The van der Waals surface area contributed by atoms with Crippen LogP contribution in [0.4, 0.5) is 4.39 Å². The van der Waals surface area contributed by atoms with Gasteiger partial charge in [0.05, 0.1) is 12.6 Å². The van der Waals surface area contributed by atoms with Crippen LogP contribution in [0.2, 0.25) is 0 Å². The predicted molar refractivity (Wildman–Crippen MR) is 47.9 cm³/mol. The summed E-state index contributed by atoms with van der Waals surface area (Å²) >= 11 is 0. The summed E-state index contributed by atoms with van der Waals surface area (Å²) in [7, 11) is 0. The lowest BCUT2D eigenvalue weighted by Crippen LogP contribution is -2.35. The first kappa shape index (κ1) is 8.66. The van der Waals surface area contributed by atoms with Crippen molar-refractivity contribution in [3.05, 3.63) is 35.4 Å². The van der Waals surface area contributed by atoms with Crippen LogP contribution in [0, 0.1) is 0 Å². The Labute approximate surface area is 76.5 Å². The minimum absolute atomic E-state index is 0.324. The summed E-state index contributed by atoms with van der Waals surface area (Å²) in [5.41, 5.74) is 7.92. The van der Waals surface area contributed by atoms with E-state index in [2.05, 4.69) is 0 Å². The maximum Gasteiger partial charge on any atom is 0.117 e. The molecule has 0 amide bonds. The van der Waals surface area contributed by atoms with Crippen molar-refractivity contribution in [2.75, 3.05) is 6.67 Å². The second-order valence-electron chi connectivity index (χ2n) is 3.23. The van der Waals surface area contributed by atoms with Gasteiger partial charge in [0.2, 0.25) is 0 Å². The van der Waals surface area contributed by atoms with Crippen LogP contribution in [0.15, 0.2) is 24.3 Å². The highest BCUT2D eigenvalue weighted by Gasteiger charge is 2.26. The summed E-state index contributed by atoms with van der Waals surface area (Å²) in [6, 6.07) is 7.42. The maximum absolute atomic E-state index is 12.4. The number of ether oxygens (including phenoxy) is 1. The Kier molecular flexibility index (Phi) is 2.29. The highest BCUT2D eigenvalue weighted by atomic mass is 19.1. The molecule has 1 aliphatic heterocycles. The van der Waals surface area contributed by atoms with Gasteiger partial charge in [0.1, 0.15) is 12.8 Å². The molecule has 0 saturated heterocycles.